The molecule has 0 atom stereocenters. The fourth-order valence-corrected chi connectivity index (χ4v) is 4.97. The summed E-state index contributed by atoms with van der Waals surface area (Å²) in [5.74, 6) is -0.0799. The zero-order valence-electron chi connectivity index (χ0n) is 15.4. The van der Waals surface area contributed by atoms with Crippen molar-refractivity contribution in [2.24, 2.45) is 0 Å². The molecule has 1 heterocycles. The highest BCUT2D eigenvalue weighted by Gasteiger charge is 2.27. The van der Waals surface area contributed by atoms with E-state index in [1.165, 1.54) is 4.31 Å². The predicted octanol–water partition coefficient (Wildman–Crippen LogP) is 3.79. The van der Waals surface area contributed by atoms with Gasteiger partial charge in [-0.15, -0.1) is 0 Å². The van der Waals surface area contributed by atoms with Gasteiger partial charge in [0.25, 0.3) is 5.91 Å². The number of aryl methyl sites for hydroxylation is 3. The first-order valence-electron chi connectivity index (χ1n) is 8.78. The quantitative estimate of drug-likeness (QED) is 0.891. The Kier molecular flexibility index (Phi) is 5.05. The SMILES string of the molecule is Cc1ccc(C(=O)Nc2c(C)cccc2C)cc1N1CCCCS1(=O)=O. The lowest BCUT2D eigenvalue weighted by molar-refractivity contribution is 0.102. The van der Waals surface area contributed by atoms with E-state index in [0.29, 0.717) is 24.2 Å². The Labute approximate surface area is 155 Å². The Morgan fingerprint density at radius 3 is 2.35 bits per heavy atom. The van der Waals surface area contributed by atoms with Gasteiger partial charge in [0.1, 0.15) is 0 Å². The maximum Gasteiger partial charge on any atom is 0.255 e. The van der Waals surface area contributed by atoms with Crippen LogP contribution in [-0.4, -0.2) is 26.6 Å². The molecule has 5 nitrogen and oxygen atoms in total. The van der Waals surface area contributed by atoms with Crippen molar-refractivity contribution in [3.8, 4) is 0 Å². The van der Waals surface area contributed by atoms with Gasteiger partial charge >= 0.3 is 0 Å². The summed E-state index contributed by atoms with van der Waals surface area (Å²) in [6.45, 7) is 6.23. The highest BCUT2D eigenvalue weighted by atomic mass is 32.2. The molecular formula is C20H24N2O3S. The van der Waals surface area contributed by atoms with Crippen molar-refractivity contribution in [3.05, 3.63) is 58.7 Å². The summed E-state index contributed by atoms with van der Waals surface area (Å²) in [5, 5.41) is 2.96. The molecule has 1 aliphatic rings. The number of carbonyl (C=O) groups is 1. The normalized spacial score (nSPS) is 16.3. The van der Waals surface area contributed by atoms with E-state index < -0.39 is 10.0 Å². The van der Waals surface area contributed by atoms with E-state index in [9.17, 15) is 13.2 Å². The minimum absolute atomic E-state index is 0.158. The van der Waals surface area contributed by atoms with Crippen LogP contribution in [0.25, 0.3) is 0 Å². The Morgan fingerprint density at radius 2 is 1.69 bits per heavy atom. The van der Waals surface area contributed by atoms with E-state index in [1.807, 2.05) is 39.0 Å². The molecule has 0 bridgehead atoms. The van der Waals surface area contributed by atoms with Crippen LogP contribution in [0.3, 0.4) is 0 Å². The second kappa shape index (κ2) is 7.11. The van der Waals surface area contributed by atoms with E-state index in [-0.39, 0.29) is 11.7 Å². The number of anilines is 2. The zero-order valence-corrected chi connectivity index (χ0v) is 16.2. The largest absolute Gasteiger partial charge is 0.322 e. The third-order valence-corrected chi connectivity index (χ3v) is 6.66. The highest BCUT2D eigenvalue weighted by molar-refractivity contribution is 7.92. The van der Waals surface area contributed by atoms with E-state index in [1.54, 1.807) is 18.2 Å². The van der Waals surface area contributed by atoms with Gasteiger partial charge < -0.3 is 5.32 Å². The molecule has 6 heteroatoms. The van der Waals surface area contributed by atoms with Gasteiger partial charge in [-0.1, -0.05) is 24.3 Å². The van der Waals surface area contributed by atoms with Crippen LogP contribution in [0, 0.1) is 20.8 Å². The summed E-state index contributed by atoms with van der Waals surface area (Å²) in [6, 6.07) is 11.1. The first-order chi connectivity index (χ1) is 12.3. The number of carbonyl (C=O) groups excluding carboxylic acids is 1. The van der Waals surface area contributed by atoms with Crippen molar-refractivity contribution in [2.75, 3.05) is 21.9 Å². The lowest BCUT2D eigenvalue weighted by atomic mass is 10.1. The second-order valence-electron chi connectivity index (χ2n) is 6.82. The summed E-state index contributed by atoms with van der Waals surface area (Å²) in [6.07, 6.45) is 1.52. The van der Waals surface area contributed by atoms with Gasteiger partial charge in [-0.2, -0.15) is 0 Å². The van der Waals surface area contributed by atoms with Crippen molar-refractivity contribution < 1.29 is 13.2 Å². The maximum atomic E-state index is 12.7. The smallest absolute Gasteiger partial charge is 0.255 e. The van der Waals surface area contributed by atoms with Crippen molar-refractivity contribution in [2.45, 2.75) is 33.6 Å². The molecule has 2 aromatic carbocycles. The summed E-state index contributed by atoms with van der Waals surface area (Å²) in [4.78, 5) is 12.7. The lowest BCUT2D eigenvalue weighted by Crippen LogP contribution is -2.38. The first-order valence-corrected chi connectivity index (χ1v) is 10.4. The van der Waals surface area contributed by atoms with Gasteiger partial charge in [0.2, 0.25) is 10.0 Å². The fraction of sp³-hybridized carbons (Fsp3) is 0.350. The topological polar surface area (TPSA) is 66.5 Å². The van der Waals surface area contributed by atoms with Gasteiger partial charge in [0.05, 0.1) is 11.4 Å². The number of para-hydroxylation sites is 1. The Morgan fingerprint density at radius 1 is 1.00 bits per heavy atom. The third kappa shape index (κ3) is 3.60. The molecule has 0 aromatic heterocycles. The molecule has 3 rings (SSSR count). The van der Waals surface area contributed by atoms with Crippen LogP contribution >= 0.6 is 0 Å². The Hall–Kier alpha value is -2.34. The van der Waals surface area contributed by atoms with Gasteiger partial charge in [0, 0.05) is 17.8 Å². The van der Waals surface area contributed by atoms with Crippen LogP contribution in [0.15, 0.2) is 36.4 Å². The monoisotopic (exact) mass is 372 g/mol. The number of nitrogens with zero attached hydrogens (tertiary/aromatic N) is 1. The molecule has 1 fully saturated rings. The van der Waals surface area contributed by atoms with Gasteiger partial charge in [-0.05, 0) is 62.4 Å². The van der Waals surface area contributed by atoms with Gasteiger partial charge in [-0.25, -0.2) is 8.42 Å². The van der Waals surface area contributed by atoms with E-state index in [4.69, 9.17) is 0 Å². The second-order valence-corrected chi connectivity index (χ2v) is 8.83. The van der Waals surface area contributed by atoms with Crippen molar-refractivity contribution in [1.29, 1.82) is 0 Å². The minimum atomic E-state index is -3.31. The highest BCUT2D eigenvalue weighted by Crippen LogP contribution is 2.28. The number of nitrogens with one attached hydrogen (secondary N) is 1. The molecule has 2 aromatic rings. The molecule has 26 heavy (non-hydrogen) atoms. The molecular weight excluding hydrogens is 348 g/mol. The zero-order chi connectivity index (χ0) is 18.9. The van der Waals surface area contributed by atoms with Crippen LogP contribution in [0.2, 0.25) is 0 Å². The molecule has 0 unspecified atom stereocenters. The molecule has 1 aliphatic heterocycles. The molecule has 1 N–H and O–H groups in total. The minimum Gasteiger partial charge on any atom is -0.322 e. The molecule has 0 saturated carbocycles. The van der Waals surface area contributed by atoms with Crippen LogP contribution in [-0.2, 0) is 10.0 Å². The number of benzene rings is 2. The number of sulfonamides is 1. The molecule has 138 valence electrons. The van der Waals surface area contributed by atoms with Crippen molar-refractivity contribution in [1.82, 2.24) is 0 Å². The summed E-state index contributed by atoms with van der Waals surface area (Å²) < 4.78 is 26.3. The molecule has 0 aliphatic carbocycles. The van der Waals surface area contributed by atoms with E-state index in [2.05, 4.69) is 5.32 Å². The molecule has 0 spiro atoms. The van der Waals surface area contributed by atoms with Crippen LogP contribution in [0.5, 0.6) is 0 Å². The van der Waals surface area contributed by atoms with E-state index >= 15 is 0 Å². The first kappa shape index (κ1) is 18.5. The molecule has 1 amide bonds. The van der Waals surface area contributed by atoms with Crippen molar-refractivity contribution in [3.63, 3.8) is 0 Å². The fourth-order valence-electron chi connectivity index (χ4n) is 3.28. The third-order valence-electron chi connectivity index (χ3n) is 4.81. The van der Waals surface area contributed by atoms with Crippen molar-refractivity contribution >= 4 is 27.3 Å². The van der Waals surface area contributed by atoms with Gasteiger partial charge in [-0.3, -0.25) is 9.10 Å². The number of hydrogen-bond donors (Lipinski definition) is 1. The summed E-state index contributed by atoms with van der Waals surface area (Å²) in [7, 11) is -3.31. The average molecular weight is 372 g/mol. The molecule has 0 radical (unpaired) electrons. The van der Waals surface area contributed by atoms with Gasteiger partial charge in [0.15, 0.2) is 0 Å². The standard InChI is InChI=1S/C20H24N2O3S/c1-14-9-10-17(13-18(14)22-11-4-5-12-26(22,24)25)20(23)21-19-15(2)7-6-8-16(19)3/h6-10,13H,4-5,11-12H2,1-3H3,(H,21,23). The summed E-state index contributed by atoms with van der Waals surface area (Å²) in [5.41, 5.74) is 4.67. The number of rotatable bonds is 3. The van der Waals surface area contributed by atoms with Crippen LogP contribution < -0.4 is 9.62 Å². The number of hydrogen-bond acceptors (Lipinski definition) is 3. The maximum absolute atomic E-state index is 12.7. The average Bonchev–Trinajstić information content (AvgIpc) is 2.58. The van der Waals surface area contributed by atoms with E-state index in [0.717, 1.165) is 28.8 Å². The molecule has 1 saturated heterocycles. The Bertz CT molecular complexity index is 931. The van der Waals surface area contributed by atoms with Crippen LogP contribution in [0.1, 0.15) is 39.9 Å². The number of amides is 1. The lowest BCUT2D eigenvalue weighted by Gasteiger charge is -2.29. The summed E-state index contributed by atoms with van der Waals surface area (Å²) >= 11 is 0. The van der Waals surface area contributed by atoms with Crippen LogP contribution in [0.4, 0.5) is 11.4 Å². The predicted molar refractivity (Wildman–Crippen MR) is 105 cm³/mol. The Balaban J connectivity index is 1.93.